The monoisotopic (exact) mass is 264 g/mol. The maximum absolute atomic E-state index is 13.6. The van der Waals surface area contributed by atoms with E-state index in [4.69, 9.17) is 4.74 Å². The first-order valence-electron chi connectivity index (χ1n) is 5.38. The van der Waals surface area contributed by atoms with Crippen molar-refractivity contribution in [2.24, 2.45) is 0 Å². The van der Waals surface area contributed by atoms with Crippen molar-refractivity contribution in [2.75, 3.05) is 12.4 Å². The Balaban J connectivity index is 2.30. The minimum absolute atomic E-state index is 0.00435. The summed E-state index contributed by atoms with van der Waals surface area (Å²) in [5.74, 6) is -2.14. The van der Waals surface area contributed by atoms with Gasteiger partial charge in [0.15, 0.2) is 0 Å². The maximum Gasteiger partial charge on any atom is 0.263 e. The van der Waals surface area contributed by atoms with Gasteiger partial charge in [0.25, 0.3) is 5.91 Å². The number of pyridine rings is 1. The molecule has 2 rings (SSSR count). The van der Waals surface area contributed by atoms with Crippen LogP contribution in [0.2, 0.25) is 0 Å². The fourth-order valence-corrected chi connectivity index (χ4v) is 1.55. The normalized spacial score (nSPS) is 10.1. The maximum atomic E-state index is 13.6. The van der Waals surface area contributed by atoms with Crippen molar-refractivity contribution in [1.29, 1.82) is 0 Å². The molecular formula is C13H10F2N2O2. The molecule has 19 heavy (non-hydrogen) atoms. The lowest BCUT2D eigenvalue weighted by atomic mass is 10.1. The number of carbonyl (C=O) groups is 1. The molecule has 4 nitrogen and oxygen atoms in total. The van der Waals surface area contributed by atoms with Crippen LogP contribution < -0.4 is 10.1 Å². The lowest BCUT2D eigenvalue weighted by Gasteiger charge is -2.09. The molecule has 1 N–H and O–H groups in total. The van der Waals surface area contributed by atoms with E-state index in [9.17, 15) is 13.6 Å². The first kappa shape index (κ1) is 12.9. The van der Waals surface area contributed by atoms with Crippen LogP contribution in [0.15, 0.2) is 36.4 Å². The van der Waals surface area contributed by atoms with Crippen molar-refractivity contribution >= 4 is 11.7 Å². The number of nitrogens with zero attached hydrogens (tertiary/aromatic N) is 1. The number of carbonyl (C=O) groups excluding carboxylic acids is 1. The van der Waals surface area contributed by atoms with E-state index >= 15 is 0 Å². The van der Waals surface area contributed by atoms with Crippen LogP contribution in [0.3, 0.4) is 0 Å². The average Bonchev–Trinajstić information content (AvgIpc) is 2.38. The van der Waals surface area contributed by atoms with E-state index in [-0.39, 0.29) is 17.1 Å². The Kier molecular flexibility index (Phi) is 3.70. The van der Waals surface area contributed by atoms with Gasteiger partial charge in [-0.1, -0.05) is 12.1 Å². The second-order valence-electron chi connectivity index (χ2n) is 3.62. The number of halogens is 2. The summed E-state index contributed by atoms with van der Waals surface area (Å²) >= 11 is 0. The highest BCUT2D eigenvalue weighted by Crippen LogP contribution is 2.22. The number of hydrogen-bond donors (Lipinski definition) is 1. The molecule has 0 saturated carbocycles. The van der Waals surface area contributed by atoms with Crippen LogP contribution >= 0.6 is 0 Å². The summed E-state index contributed by atoms with van der Waals surface area (Å²) in [6, 6.07) is 7.93. The number of methoxy groups -OCH3 is 1. The molecule has 0 aliphatic heterocycles. The summed E-state index contributed by atoms with van der Waals surface area (Å²) in [7, 11) is 1.33. The Hall–Kier alpha value is -2.50. The van der Waals surface area contributed by atoms with Gasteiger partial charge in [0, 0.05) is 0 Å². The van der Waals surface area contributed by atoms with Crippen LogP contribution in [0, 0.1) is 11.8 Å². The SMILES string of the molecule is COc1cccc(F)c1C(=O)Nc1cccc(F)n1. The molecule has 2 aromatic rings. The van der Waals surface area contributed by atoms with E-state index in [1.165, 1.54) is 31.4 Å². The minimum atomic E-state index is -0.756. The topological polar surface area (TPSA) is 51.2 Å². The Bertz CT molecular complexity index is 617. The largest absolute Gasteiger partial charge is 0.496 e. The summed E-state index contributed by atoms with van der Waals surface area (Å²) in [6.45, 7) is 0. The summed E-state index contributed by atoms with van der Waals surface area (Å²) in [5.41, 5.74) is -0.254. The molecule has 0 atom stereocenters. The molecule has 98 valence electrons. The van der Waals surface area contributed by atoms with Crippen molar-refractivity contribution in [3.63, 3.8) is 0 Å². The molecule has 0 radical (unpaired) electrons. The Morgan fingerprint density at radius 2 is 1.95 bits per heavy atom. The van der Waals surface area contributed by atoms with Crippen molar-refractivity contribution in [1.82, 2.24) is 4.98 Å². The third-order valence-corrected chi connectivity index (χ3v) is 2.38. The van der Waals surface area contributed by atoms with Crippen LogP contribution in [0.25, 0.3) is 0 Å². The highest BCUT2D eigenvalue weighted by atomic mass is 19.1. The van der Waals surface area contributed by atoms with Crippen molar-refractivity contribution < 1.29 is 18.3 Å². The Labute approximate surface area is 108 Å². The number of benzene rings is 1. The zero-order valence-corrected chi connectivity index (χ0v) is 9.98. The van der Waals surface area contributed by atoms with Crippen LogP contribution in [0.1, 0.15) is 10.4 Å². The molecule has 0 bridgehead atoms. The number of anilines is 1. The molecule has 0 spiro atoms. The molecule has 1 heterocycles. The van der Waals surface area contributed by atoms with Crippen LogP contribution in [-0.4, -0.2) is 18.0 Å². The zero-order valence-electron chi connectivity index (χ0n) is 9.98. The fourth-order valence-electron chi connectivity index (χ4n) is 1.55. The molecule has 0 fully saturated rings. The van der Waals surface area contributed by atoms with E-state index in [0.29, 0.717) is 0 Å². The molecule has 1 aromatic heterocycles. The quantitative estimate of drug-likeness (QED) is 0.867. The predicted molar refractivity (Wildman–Crippen MR) is 65.1 cm³/mol. The molecule has 0 saturated heterocycles. The molecule has 6 heteroatoms. The summed E-state index contributed by atoms with van der Waals surface area (Å²) in [4.78, 5) is 15.4. The molecule has 0 unspecified atom stereocenters. The first-order valence-corrected chi connectivity index (χ1v) is 5.38. The van der Waals surface area contributed by atoms with Crippen LogP contribution in [0.4, 0.5) is 14.6 Å². The van der Waals surface area contributed by atoms with Gasteiger partial charge < -0.3 is 10.1 Å². The number of ether oxygens (including phenoxy) is 1. The number of hydrogen-bond acceptors (Lipinski definition) is 3. The zero-order chi connectivity index (χ0) is 13.8. The first-order chi connectivity index (χ1) is 9.11. The second kappa shape index (κ2) is 5.43. The van der Waals surface area contributed by atoms with E-state index in [2.05, 4.69) is 10.3 Å². The lowest BCUT2D eigenvalue weighted by molar-refractivity contribution is 0.101. The van der Waals surface area contributed by atoms with E-state index in [1.54, 1.807) is 0 Å². The van der Waals surface area contributed by atoms with Gasteiger partial charge in [0.05, 0.1) is 7.11 Å². The Morgan fingerprint density at radius 3 is 2.63 bits per heavy atom. The smallest absolute Gasteiger partial charge is 0.263 e. The third kappa shape index (κ3) is 2.85. The summed E-state index contributed by atoms with van der Waals surface area (Å²) in [5, 5.41) is 2.30. The van der Waals surface area contributed by atoms with Gasteiger partial charge in [-0.25, -0.2) is 9.37 Å². The average molecular weight is 264 g/mol. The van der Waals surface area contributed by atoms with Crippen molar-refractivity contribution in [3.05, 3.63) is 53.7 Å². The third-order valence-electron chi connectivity index (χ3n) is 2.38. The highest BCUT2D eigenvalue weighted by molar-refractivity contribution is 6.05. The molecule has 1 aromatic carbocycles. The number of amides is 1. The Morgan fingerprint density at radius 1 is 1.21 bits per heavy atom. The van der Waals surface area contributed by atoms with Crippen molar-refractivity contribution in [3.8, 4) is 5.75 Å². The van der Waals surface area contributed by atoms with Gasteiger partial charge in [0.2, 0.25) is 5.95 Å². The molecule has 1 amide bonds. The second-order valence-corrected chi connectivity index (χ2v) is 3.62. The van der Waals surface area contributed by atoms with Gasteiger partial charge in [-0.15, -0.1) is 0 Å². The minimum Gasteiger partial charge on any atom is -0.496 e. The van der Waals surface area contributed by atoms with Gasteiger partial charge in [-0.05, 0) is 24.3 Å². The summed E-state index contributed by atoms with van der Waals surface area (Å²) < 4.78 is 31.4. The van der Waals surface area contributed by atoms with Crippen molar-refractivity contribution in [2.45, 2.75) is 0 Å². The predicted octanol–water partition coefficient (Wildman–Crippen LogP) is 2.62. The lowest BCUT2D eigenvalue weighted by Crippen LogP contribution is -2.16. The van der Waals surface area contributed by atoms with E-state index in [1.807, 2.05) is 0 Å². The molecular weight excluding hydrogens is 254 g/mol. The number of aromatic nitrogens is 1. The van der Waals surface area contributed by atoms with Gasteiger partial charge in [-0.3, -0.25) is 4.79 Å². The standard InChI is InChI=1S/C13H10F2N2O2/c1-19-9-5-2-4-8(14)12(9)13(18)17-11-7-3-6-10(15)16-11/h2-7H,1H3,(H,16,17,18). The molecule has 0 aliphatic rings. The van der Waals surface area contributed by atoms with Gasteiger partial charge >= 0.3 is 0 Å². The number of nitrogens with one attached hydrogen (secondary N) is 1. The highest BCUT2D eigenvalue weighted by Gasteiger charge is 2.18. The van der Waals surface area contributed by atoms with E-state index in [0.717, 1.165) is 12.1 Å². The fraction of sp³-hybridized carbons (Fsp3) is 0.0769. The van der Waals surface area contributed by atoms with Crippen LogP contribution in [0.5, 0.6) is 5.75 Å². The van der Waals surface area contributed by atoms with Gasteiger partial charge in [0.1, 0.15) is 22.9 Å². The number of rotatable bonds is 3. The summed E-state index contributed by atoms with van der Waals surface area (Å²) in [6.07, 6.45) is 0. The van der Waals surface area contributed by atoms with Gasteiger partial charge in [-0.2, -0.15) is 4.39 Å². The van der Waals surface area contributed by atoms with Crippen LogP contribution in [-0.2, 0) is 0 Å². The van der Waals surface area contributed by atoms with E-state index < -0.39 is 17.7 Å². The molecule has 0 aliphatic carbocycles.